The molecule has 0 aromatic carbocycles. The molecule has 0 heterocycles. The predicted octanol–water partition coefficient (Wildman–Crippen LogP) is 1.45. The van der Waals surface area contributed by atoms with E-state index in [1.165, 1.54) is 27.7 Å². The van der Waals surface area contributed by atoms with Crippen LogP contribution >= 0.6 is 24.1 Å². The van der Waals surface area contributed by atoms with Gasteiger partial charge < -0.3 is 20.2 Å². The van der Waals surface area contributed by atoms with E-state index >= 15 is 0 Å². The van der Waals surface area contributed by atoms with Gasteiger partial charge in [0.05, 0.1) is 12.0 Å². The van der Waals surface area contributed by atoms with E-state index in [-0.39, 0.29) is 65.4 Å². The van der Waals surface area contributed by atoms with Gasteiger partial charge in [-0.05, 0) is 37.3 Å². The molecule has 15 heteroatoms. The van der Waals surface area contributed by atoms with Gasteiger partial charge in [-0.2, -0.15) is 11.4 Å². The molecule has 0 fully saturated rings. The molecule has 0 aliphatic rings. The number of rotatable bonds is 8. The average Bonchev–Trinajstić information content (AvgIpc) is 2.52. The van der Waals surface area contributed by atoms with Gasteiger partial charge in [-0.25, -0.2) is 7.11 Å². The predicted molar refractivity (Wildman–Crippen MR) is 75.2 cm³/mol. The van der Waals surface area contributed by atoms with Crippen molar-refractivity contribution >= 4 is 36.0 Å². The van der Waals surface area contributed by atoms with E-state index in [1.54, 1.807) is 0 Å². The largest absolute Gasteiger partial charge is 0.691 e. The normalized spacial score (nSPS) is 9.80. The van der Waals surface area contributed by atoms with Crippen LogP contribution in [0, 0.1) is 14.2 Å². The van der Waals surface area contributed by atoms with Gasteiger partial charge in [0.25, 0.3) is 5.97 Å². The van der Waals surface area contributed by atoms with Crippen LogP contribution in [0.25, 0.3) is 0 Å². The van der Waals surface area contributed by atoms with Gasteiger partial charge in [0, 0.05) is 77.5 Å². The van der Waals surface area contributed by atoms with E-state index in [2.05, 4.69) is 37.8 Å². The minimum atomic E-state index is -1.20. The molecule has 25 heavy (non-hydrogen) atoms. The first-order valence-corrected chi connectivity index (χ1v) is 6.82. The topological polar surface area (TPSA) is 144 Å². The second kappa shape index (κ2) is 21.8. The van der Waals surface area contributed by atoms with E-state index in [9.17, 15) is 19.4 Å². The molecule has 0 aliphatic carbocycles. The van der Waals surface area contributed by atoms with Gasteiger partial charge in [-0.3, -0.25) is 14.6 Å². The van der Waals surface area contributed by atoms with Crippen molar-refractivity contribution in [3.8, 4) is 0 Å². The Bertz CT molecular complexity index is 337. The van der Waals surface area contributed by atoms with Gasteiger partial charge in [0.1, 0.15) is 9.49 Å². The molecule has 0 bridgehead atoms. The Hall–Kier alpha value is 1.54. The summed E-state index contributed by atoms with van der Waals surface area (Å²) in [5, 5.41) is 30.3. The van der Waals surface area contributed by atoms with Crippen LogP contribution in [0.5, 0.6) is 0 Å². The fourth-order valence-electron chi connectivity index (χ4n) is 0.440. The number of ether oxygens (including phenoxy) is 1. The molecule has 0 saturated heterocycles. The number of aliphatic hydroxyl groups excluding tert-OH is 1. The molecule has 2 radical (unpaired) electrons. The summed E-state index contributed by atoms with van der Waals surface area (Å²) in [6.07, 6.45) is 0. The fraction of sp³-hybridized carbons (Fsp3) is 0.600. The van der Waals surface area contributed by atoms with E-state index in [0.717, 1.165) is 0 Å². The summed E-state index contributed by atoms with van der Waals surface area (Å²) in [4.78, 5) is 21.0. The second-order valence-electron chi connectivity index (χ2n) is 4.19. The molecule has 0 aromatic rings. The van der Waals surface area contributed by atoms with Crippen LogP contribution in [0.4, 0.5) is 4.53 Å². The number of hydrogen-bond acceptors (Lipinski definition) is 11. The maximum atomic E-state index is 10.9. The van der Waals surface area contributed by atoms with Crippen LogP contribution in [0.15, 0.2) is 0 Å². The smallest absolute Gasteiger partial charge is 0.321 e. The van der Waals surface area contributed by atoms with Gasteiger partial charge >= 0.3 is 5.97 Å². The second-order valence-corrected chi connectivity index (χ2v) is 6.84. The fourth-order valence-corrected chi connectivity index (χ4v) is 1.03. The maximum absolute atomic E-state index is 10.9. The number of carbonyl (C=O) groups is 2. The molecule has 0 saturated carbocycles. The summed E-state index contributed by atoms with van der Waals surface area (Å²) >= 11 is 0.952. The summed E-state index contributed by atoms with van der Waals surface area (Å²) in [6.45, 7) is 5.73. The molecule has 146 valence electrons. The van der Waals surface area contributed by atoms with E-state index in [0.29, 0.717) is 24.1 Å². The third kappa shape index (κ3) is 21.7. The average molecular weight is 559 g/mol. The number of hydrogen-bond donors (Lipinski definition) is 2. The molecule has 0 aromatic heterocycles. The van der Waals surface area contributed by atoms with Gasteiger partial charge in [0.15, 0.2) is 0 Å². The van der Waals surface area contributed by atoms with Crippen LogP contribution < -0.4 is 5.26 Å². The maximum Gasteiger partial charge on any atom is 0.321 e. The summed E-state index contributed by atoms with van der Waals surface area (Å²) in [5.74, 6) is -1.70. The first-order valence-electron chi connectivity index (χ1n) is 5.34. The zero-order valence-electron chi connectivity index (χ0n) is 13.9. The van der Waals surface area contributed by atoms with E-state index in [1.807, 2.05) is 0 Å². The van der Waals surface area contributed by atoms with Crippen molar-refractivity contribution in [2.24, 2.45) is 0 Å². The minimum Gasteiger partial charge on any atom is -0.691 e. The van der Waals surface area contributed by atoms with Crippen LogP contribution in [0.2, 0.25) is 0 Å². The van der Waals surface area contributed by atoms with Gasteiger partial charge in [0.2, 0.25) is 0 Å². The van der Waals surface area contributed by atoms with E-state index < -0.39 is 21.4 Å². The number of carbonyl (C=O) groups excluding carboxylic acids is 1. The summed E-state index contributed by atoms with van der Waals surface area (Å²) in [5.41, 5.74) is 0. The summed E-state index contributed by atoms with van der Waals surface area (Å²) < 4.78 is 20.5. The summed E-state index contributed by atoms with van der Waals surface area (Å²) in [7, 11) is 5.17. The minimum absolute atomic E-state index is 0. The van der Waals surface area contributed by atoms with Crippen molar-refractivity contribution in [1.29, 1.82) is 0 Å². The number of aliphatic hydroxyl groups is 1. The molecule has 2 N–H and O–H groups in total. The van der Waals surface area contributed by atoms with Crippen molar-refractivity contribution in [2.75, 3.05) is 0 Å². The van der Waals surface area contributed by atoms with Gasteiger partial charge in [-0.15, -0.1) is 4.33 Å². The molecule has 0 amide bonds. The van der Waals surface area contributed by atoms with Crippen LogP contribution in [0.3, 0.4) is 0 Å². The van der Waals surface area contributed by atoms with Crippen molar-refractivity contribution in [3.05, 3.63) is 14.2 Å². The molecular weight excluding hydrogens is 541 g/mol. The number of aliphatic carboxylic acids is 1. The molecule has 10 nitrogen and oxygen atoms in total. The van der Waals surface area contributed by atoms with Crippen LogP contribution in [-0.4, -0.2) is 31.6 Å². The van der Waals surface area contributed by atoms with Crippen molar-refractivity contribution in [1.82, 2.24) is 0 Å². The summed E-state index contributed by atoms with van der Waals surface area (Å²) in [6, 6.07) is 0. The SMILES string of the molecule is CC(C)(SOOF)C(=O)O.[CH2-]O.[CH2-]OC(=O)C(C)(C)SOO[O-].[Y].[Y]. The number of carboxylic acid groups (broad SMARTS) is 1. The molecule has 0 aliphatic heterocycles. The first-order chi connectivity index (χ1) is 10.5. The standard InChI is InChI=1S/C5H9O5S.C4H7FO4S.CH3O.2Y/c1-5(2,4(6)8-3)11-10-9-7;1-4(2,3(6)7)10-9-8-5;1-2;;/h7H,3H2,1-2H3;1-2H3,(H,6,7);2H,1H2;;/q-1;;-1;;/p-1. The Labute approximate surface area is 204 Å². The molecule has 0 spiro atoms. The Balaban J connectivity index is -0.0000000905. The first kappa shape index (κ1) is 37.3. The Morgan fingerprint density at radius 1 is 1.04 bits per heavy atom. The Kier molecular flexibility index (Phi) is 32.6. The van der Waals surface area contributed by atoms with Crippen LogP contribution in [0.1, 0.15) is 27.7 Å². The Morgan fingerprint density at radius 2 is 1.44 bits per heavy atom. The Morgan fingerprint density at radius 3 is 1.72 bits per heavy atom. The molecule has 0 unspecified atom stereocenters. The zero-order valence-corrected chi connectivity index (χ0v) is 21.2. The number of halogens is 1. The molecule has 0 atom stereocenters. The third-order valence-corrected chi connectivity index (χ3v) is 3.09. The number of carboxylic acids is 1. The van der Waals surface area contributed by atoms with Crippen molar-refractivity contribution in [3.63, 3.8) is 0 Å². The number of esters is 1. The van der Waals surface area contributed by atoms with E-state index in [4.69, 9.17) is 10.2 Å². The zero-order chi connectivity index (χ0) is 19.1. The monoisotopic (exact) mass is 559 g/mol. The third-order valence-electron chi connectivity index (χ3n) is 1.68. The van der Waals surface area contributed by atoms with Crippen molar-refractivity contribution < 1.29 is 119 Å². The molecular formula is C10H18FO10S2Y2-3. The van der Waals surface area contributed by atoms with Gasteiger partial charge in [-0.1, -0.05) is 0 Å². The van der Waals surface area contributed by atoms with Crippen LogP contribution in [-0.2, 0) is 98.5 Å². The van der Waals surface area contributed by atoms with Crippen molar-refractivity contribution in [2.45, 2.75) is 37.2 Å². The molecule has 0 rings (SSSR count). The quantitative estimate of drug-likeness (QED) is 0.146.